The summed E-state index contributed by atoms with van der Waals surface area (Å²) in [5, 5.41) is 3.84. The van der Waals surface area contributed by atoms with Crippen molar-refractivity contribution >= 4 is 21.6 Å². The molecule has 0 amide bonds. The van der Waals surface area contributed by atoms with Gasteiger partial charge in [0.2, 0.25) is 0 Å². The Morgan fingerprint density at radius 1 is 1.10 bits per heavy atom. The number of nitrogens with zero attached hydrogens (tertiary/aromatic N) is 1. The van der Waals surface area contributed by atoms with Crippen molar-refractivity contribution in [2.75, 3.05) is 7.05 Å². The molecule has 2 nitrogen and oxygen atoms in total. The Labute approximate surface area is 125 Å². The average Bonchev–Trinajstić information content (AvgIpc) is 2.88. The van der Waals surface area contributed by atoms with Gasteiger partial charge in [-0.25, -0.2) is 13.8 Å². The molecule has 0 bridgehead atoms. The number of hydrogen-bond donors (Lipinski definition) is 1. The smallest absolute Gasteiger partial charge is 0.130 e. The summed E-state index contributed by atoms with van der Waals surface area (Å²) in [6.45, 7) is 0. The fourth-order valence-electron chi connectivity index (χ4n) is 2.37. The second kappa shape index (κ2) is 5.87. The minimum atomic E-state index is -0.532. The SMILES string of the molecule is CNC(Cc1nc2ccccc2s1)c1c(F)cccc1F. The van der Waals surface area contributed by atoms with Crippen LogP contribution in [0.5, 0.6) is 0 Å². The van der Waals surface area contributed by atoms with Crippen molar-refractivity contribution in [2.45, 2.75) is 12.5 Å². The molecule has 0 spiro atoms. The number of hydrogen-bond acceptors (Lipinski definition) is 3. The molecule has 1 unspecified atom stereocenters. The molecule has 0 fully saturated rings. The topological polar surface area (TPSA) is 24.9 Å². The summed E-state index contributed by atoms with van der Waals surface area (Å²) in [4.78, 5) is 4.52. The van der Waals surface area contributed by atoms with Crippen molar-refractivity contribution in [2.24, 2.45) is 0 Å². The number of para-hydroxylation sites is 1. The van der Waals surface area contributed by atoms with Crippen LogP contribution in [0.25, 0.3) is 10.2 Å². The molecule has 3 rings (SSSR count). The summed E-state index contributed by atoms with van der Waals surface area (Å²) in [7, 11) is 1.70. The van der Waals surface area contributed by atoms with Crippen LogP contribution in [0.15, 0.2) is 42.5 Å². The van der Waals surface area contributed by atoms with Crippen molar-refractivity contribution in [3.63, 3.8) is 0 Å². The predicted molar refractivity (Wildman–Crippen MR) is 81.5 cm³/mol. The molecule has 3 aromatic rings. The van der Waals surface area contributed by atoms with Gasteiger partial charge in [-0.3, -0.25) is 0 Å². The van der Waals surface area contributed by atoms with Gasteiger partial charge in [0.1, 0.15) is 11.6 Å². The summed E-state index contributed by atoms with van der Waals surface area (Å²) in [6, 6.07) is 11.3. The van der Waals surface area contributed by atoms with Crippen LogP contribution in [-0.2, 0) is 6.42 Å². The zero-order valence-electron chi connectivity index (χ0n) is 11.4. The molecule has 1 atom stereocenters. The van der Waals surface area contributed by atoms with Crippen LogP contribution in [0.4, 0.5) is 8.78 Å². The molecule has 1 heterocycles. The lowest BCUT2D eigenvalue weighted by molar-refractivity contribution is 0.489. The highest BCUT2D eigenvalue weighted by molar-refractivity contribution is 7.18. The van der Waals surface area contributed by atoms with Crippen LogP contribution in [-0.4, -0.2) is 12.0 Å². The van der Waals surface area contributed by atoms with Gasteiger partial charge in [-0.2, -0.15) is 0 Å². The first-order valence-electron chi connectivity index (χ1n) is 6.64. The molecule has 0 saturated heterocycles. The van der Waals surface area contributed by atoms with Gasteiger partial charge in [0.25, 0.3) is 0 Å². The molecule has 1 aromatic heterocycles. The summed E-state index contributed by atoms with van der Waals surface area (Å²) >= 11 is 1.55. The molecule has 0 aliphatic carbocycles. The Balaban J connectivity index is 1.94. The van der Waals surface area contributed by atoms with E-state index in [4.69, 9.17) is 0 Å². The van der Waals surface area contributed by atoms with Crippen molar-refractivity contribution in [3.8, 4) is 0 Å². The second-order valence-corrected chi connectivity index (χ2v) is 5.87. The van der Waals surface area contributed by atoms with E-state index in [-0.39, 0.29) is 5.56 Å². The number of rotatable bonds is 4. The van der Waals surface area contributed by atoms with E-state index in [1.807, 2.05) is 24.3 Å². The van der Waals surface area contributed by atoms with Crippen LogP contribution < -0.4 is 5.32 Å². The quantitative estimate of drug-likeness (QED) is 0.785. The fraction of sp³-hybridized carbons (Fsp3) is 0.188. The number of fused-ring (bicyclic) bond motifs is 1. The number of likely N-dealkylation sites (N-methyl/N-ethyl adjacent to an activating group) is 1. The minimum Gasteiger partial charge on any atom is -0.312 e. The number of thiazole rings is 1. The van der Waals surface area contributed by atoms with Gasteiger partial charge in [0, 0.05) is 18.0 Å². The van der Waals surface area contributed by atoms with Crippen LogP contribution >= 0.6 is 11.3 Å². The first-order valence-corrected chi connectivity index (χ1v) is 7.46. The van der Waals surface area contributed by atoms with Crippen LogP contribution in [0, 0.1) is 11.6 Å². The molecule has 0 aliphatic heterocycles. The van der Waals surface area contributed by atoms with E-state index in [0.717, 1.165) is 15.2 Å². The molecule has 0 radical (unpaired) electrons. The van der Waals surface area contributed by atoms with E-state index in [0.29, 0.717) is 6.42 Å². The average molecular weight is 304 g/mol. The van der Waals surface area contributed by atoms with Gasteiger partial charge < -0.3 is 5.32 Å². The Morgan fingerprint density at radius 3 is 2.48 bits per heavy atom. The Kier molecular flexibility index (Phi) is 3.94. The third kappa shape index (κ3) is 2.80. The maximum Gasteiger partial charge on any atom is 0.130 e. The monoisotopic (exact) mass is 304 g/mol. The Hall–Kier alpha value is -1.85. The molecular weight excluding hydrogens is 290 g/mol. The van der Waals surface area contributed by atoms with Crippen LogP contribution in [0.3, 0.4) is 0 Å². The van der Waals surface area contributed by atoms with Gasteiger partial charge in [-0.15, -0.1) is 11.3 Å². The van der Waals surface area contributed by atoms with E-state index >= 15 is 0 Å². The molecule has 0 saturated carbocycles. The van der Waals surface area contributed by atoms with Crippen LogP contribution in [0.1, 0.15) is 16.6 Å². The van der Waals surface area contributed by atoms with E-state index in [9.17, 15) is 8.78 Å². The number of aromatic nitrogens is 1. The predicted octanol–water partition coefficient (Wildman–Crippen LogP) is 4.08. The van der Waals surface area contributed by atoms with Gasteiger partial charge >= 0.3 is 0 Å². The standard InChI is InChI=1S/C16H14F2N2S/c1-19-13(16-10(17)5-4-6-11(16)18)9-15-20-12-7-2-3-8-14(12)21-15/h2-8,13,19H,9H2,1H3. The van der Waals surface area contributed by atoms with Gasteiger partial charge in [0.05, 0.1) is 15.2 Å². The normalized spacial score (nSPS) is 12.7. The maximum atomic E-state index is 13.9. The zero-order valence-corrected chi connectivity index (χ0v) is 12.3. The zero-order chi connectivity index (χ0) is 14.8. The van der Waals surface area contributed by atoms with Crippen LogP contribution in [0.2, 0.25) is 0 Å². The lowest BCUT2D eigenvalue weighted by atomic mass is 10.0. The molecule has 1 N–H and O–H groups in total. The largest absolute Gasteiger partial charge is 0.312 e. The summed E-state index contributed by atoms with van der Waals surface area (Å²) < 4.78 is 28.9. The Morgan fingerprint density at radius 2 is 1.81 bits per heavy atom. The summed E-state index contributed by atoms with van der Waals surface area (Å²) in [5.41, 5.74) is 0.987. The molecular formula is C16H14F2N2S. The molecule has 2 aromatic carbocycles. The second-order valence-electron chi connectivity index (χ2n) is 4.76. The lowest BCUT2D eigenvalue weighted by Gasteiger charge is -2.16. The van der Waals surface area contributed by atoms with Crippen molar-refractivity contribution < 1.29 is 8.78 Å². The first kappa shape index (κ1) is 14.1. The highest BCUT2D eigenvalue weighted by Gasteiger charge is 2.20. The van der Waals surface area contributed by atoms with Crippen molar-refractivity contribution in [3.05, 3.63) is 64.7 Å². The summed E-state index contributed by atoms with van der Waals surface area (Å²) in [6.07, 6.45) is 0.452. The number of benzene rings is 2. The number of nitrogens with one attached hydrogen (secondary N) is 1. The van der Waals surface area contributed by atoms with E-state index in [2.05, 4.69) is 10.3 Å². The van der Waals surface area contributed by atoms with Gasteiger partial charge in [-0.05, 0) is 31.3 Å². The third-order valence-electron chi connectivity index (χ3n) is 3.41. The highest BCUT2D eigenvalue weighted by Crippen LogP contribution is 2.28. The van der Waals surface area contributed by atoms with E-state index < -0.39 is 17.7 Å². The third-order valence-corrected chi connectivity index (χ3v) is 4.47. The lowest BCUT2D eigenvalue weighted by Crippen LogP contribution is -2.21. The molecule has 5 heteroatoms. The fourth-order valence-corrected chi connectivity index (χ4v) is 3.39. The minimum absolute atomic E-state index is 0.0688. The molecule has 21 heavy (non-hydrogen) atoms. The van der Waals surface area contributed by atoms with Crippen molar-refractivity contribution in [1.29, 1.82) is 0 Å². The maximum absolute atomic E-state index is 13.9. The Bertz CT molecular complexity index is 717. The highest BCUT2D eigenvalue weighted by atomic mass is 32.1. The van der Waals surface area contributed by atoms with E-state index in [1.165, 1.54) is 18.2 Å². The number of halogens is 2. The van der Waals surface area contributed by atoms with E-state index in [1.54, 1.807) is 18.4 Å². The van der Waals surface area contributed by atoms with Gasteiger partial charge in [0.15, 0.2) is 0 Å². The molecule has 108 valence electrons. The molecule has 0 aliphatic rings. The summed E-state index contributed by atoms with van der Waals surface area (Å²) in [5.74, 6) is -1.06. The first-order chi connectivity index (χ1) is 10.2. The van der Waals surface area contributed by atoms with Crippen molar-refractivity contribution in [1.82, 2.24) is 10.3 Å². The van der Waals surface area contributed by atoms with Gasteiger partial charge in [-0.1, -0.05) is 18.2 Å².